The Hall–Kier alpha value is -0.970. The van der Waals surface area contributed by atoms with Crippen molar-refractivity contribution in [2.75, 3.05) is 20.1 Å². The molecule has 1 aliphatic heterocycles. The zero-order chi connectivity index (χ0) is 10.9. The Labute approximate surface area is 113 Å². The van der Waals surface area contributed by atoms with Crippen LogP contribution in [-0.2, 0) is 5.54 Å². The fraction of sp³-hybridized carbons (Fsp3) is 0.364. The lowest BCUT2D eigenvalue weighted by Crippen LogP contribution is -2.46. The zero-order valence-corrected chi connectivity index (χ0v) is 11.2. The molecule has 2 rings (SSSR count). The van der Waals surface area contributed by atoms with Gasteiger partial charge in [-0.3, -0.25) is 0 Å². The summed E-state index contributed by atoms with van der Waals surface area (Å²) < 4.78 is 0. The summed E-state index contributed by atoms with van der Waals surface area (Å²) in [6.45, 7) is 1.03. The molecule has 1 saturated heterocycles. The van der Waals surface area contributed by atoms with Gasteiger partial charge in [-0.2, -0.15) is 0 Å². The van der Waals surface area contributed by atoms with Crippen LogP contribution in [0.15, 0.2) is 30.3 Å². The molecule has 1 fully saturated rings. The highest BCUT2D eigenvalue weighted by Gasteiger charge is 2.41. The number of nitrogens with two attached hydrogens (primary N) is 1. The van der Waals surface area contributed by atoms with E-state index in [-0.39, 0.29) is 30.8 Å². The molecule has 0 saturated carbocycles. The Morgan fingerprint density at radius 3 is 2.35 bits per heavy atom. The van der Waals surface area contributed by atoms with E-state index in [4.69, 9.17) is 5.73 Å². The quantitative estimate of drug-likeness (QED) is 0.857. The maximum absolute atomic E-state index is 11.5. The van der Waals surface area contributed by atoms with Crippen molar-refractivity contribution in [1.29, 1.82) is 0 Å². The second-order valence-corrected chi connectivity index (χ2v) is 3.94. The first-order valence-corrected chi connectivity index (χ1v) is 4.97. The second kappa shape index (κ2) is 6.10. The molecule has 2 amide bonds. The Kier molecular flexibility index (Phi) is 5.75. The standard InChI is InChI=1S/C11H15N3O.2ClH/c1-14-8-11(7-12,13-10(14)15)9-5-3-2-4-6-9;;/h2-6H,7-8,12H2,1H3,(H,13,15);2*1H. The molecular formula is C11H17Cl2N3O. The molecule has 96 valence electrons. The Bertz CT molecular complexity index is 374. The van der Waals surface area contributed by atoms with E-state index >= 15 is 0 Å². The molecule has 0 radical (unpaired) electrons. The molecule has 4 nitrogen and oxygen atoms in total. The van der Waals surface area contributed by atoms with Gasteiger partial charge in [0.2, 0.25) is 0 Å². The van der Waals surface area contributed by atoms with Gasteiger partial charge in [0, 0.05) is 13.6 Å². The number of hydrogen-bond donors (Lipinski definition) is 2. The van der Waals surface area contributed by atoms with Crippen molar-refractivity contribution in [3.8, 4) is 0 Å². The fourth-order valence-electron chi connectivity index (χ4n) is 1.97. The van der Waals surface area contributed by atoms with Crippen molar-refractivity contribution in [3.05, 3.63) is 35.9 Å². The van der Waals surface area contributed by atoms with E-state index in [1.165, 1.54) is 0 Å². The van der Waals surface area contributed by atoms with E-state index in [1.807, 2.05) is 30.3 Å². The molecule has 1 aromatic carbocycles. The number of halogens is 2. The van der Waals surface area contributed by atoms with Gasteiger partial charge < -0.3 is 16.0 Å². The van der Waals surface area contributed by atoms with Gasteiger partial charge in [0.05, 0.1) is 12.1 Å². The first-order chi connectivity index (χ1) is 7.18. The van der Waals surface area contributed by atoms with E-state index < -0.39 is 5.54 Å². The van der Waals surface area contributed by atoms with Gasteiger partial charge in [-0.25, -0.2) is 4.79 Å². The normalized spacial score (nSPS) is 22.5. The lowest BCUT2D eigenvalue weighted by Gasteiger charge is -2.27. The number of carbonyl (C=O) groups excluding carboxylic acids is 1. The average Bonchev–Trinajstić information content (AvgIpc) is 2.57. The van der Waals surface area contributed by atoms with Gasteiger partial charge in [-0.15, -0.1) is 24.8 Å². The van der Waals surface area contributed by atoms with Gasteiger partial charge in [-0.05, 0) is 5.56 Å². The van der Waals surface area contributed by atoms with Crippen LogP contribution >= 0.6 is 24.8 Å². The summed E-state index contributed by atoms with van der Waals surface area (Å²) in [6.07, 6.45) is 0. The molecule has 0 aromatic heterocycles. The summed E-state index contributed by atoms with van der Waals surface area (Å²) in [7, 11) is 1.77. The number of hydrogen-bond acceptors (Lipinski definition) is 2. The number of likely N-dealkylation sites (N-methyl/N-ethyl adjacent to an activating group) is 1. The van der Waals surface area contributed by atoms with E-state index in [0.29, 0.717) is 13.1 Å². The van der Waals surface area contributed by atoms with Gasteiger partial charge >= 0.3 is 6.03 Å². The maximum Gasteiger partial charge on any atom is 0.318 e. The van der Waals surface area contributed by atoms with Crippen LogP contribution in [0.1, 0.15) is 5.56 Å². The van der Waals surface area contributed by atoms with Crippen molar-refractivity contribution in [1.82, 2.24) is 10.2 Å². The molecule has 6 heteroatoms. The summed E-state index contributed by atoms with van der Waals surface area (Å²) in [5.74, 6) is 0. The lowest BCUT2D eigenvalue weighted by molar-refractivity contribution is 0.226. The molecule has 0 bridgehead atoms. The predicted octanol–water partition coefficient (Wildman–Crippen LogP) is 1.34. The Balaban J connectivity index is 0.00000128. The van der Waals surface area contributed by atoms with Gasteiger partial charge in [0.15, 0.2) is 0 Å². The first-order valence-electron chi connectivity index (χ1n) is 4.97. The molecule has 17 heavy (non-hydrogen) atoms. The lowest BCUT2D eigenvalue weighted by atomic mass is 9.91. The van der Waals surface area contributed by atoms with Crippen molar-refractivity contribution in [3.63, 3.8) is 0 Å². The molecular weight excluding hydrogens is 261 g/mol. The highest BCUT2D eigenvalue weighted by molar-refractivity contribution is 5.85. The van der Waals surface area contributed by atoms with Crippen LogP contribution in [0.4, 0.5) is 4.79 Å². The third-order valence-corrected chi connectivity index (χ3v) is 2.87. The minimum absolute atomic E-state index is 0. The van der Waals surface area contributed by atoms with Crippen LogP contribution in [0.5, 0.6) is 0 Å². The molecule has 1 atom stereocenters. The van der Waals surface area contributed by atoms with Crippen LogP contribution in [0.2, 0.25) is 0 Å². The Morgan fingerprint density at radius 2 is 1.94 bits per heavy atom. The van der Waals surface area contributed by atoms with E-state index in [2.05, 4.69) is 5.32 Å². The highest BCUT2D eigenvalue weighted by Crippen LogP contribution is 2.25. The maximum atomic E-state index is 11.5. The van der Waals surface area contributed by atoms with Crippen molar-refractivity contribution in [2.45, 2.75) is 5.54 Å². The Morgan fingerprint density at radius 1 is 1.35 bits per heavy atom. The van der Waals surface area contributed by atoms with Gasteiger partial charge in [0.1, 0.15) is 0 Å². The highest BCUT2D eigenvalue weighted by atomic mass is 35.5. The fourth-order valence-corrected chi connectivity index (χ4v) is 1.97. The van der Waals surface area contributed by atoms with Crippen LogP contribution in [-0.4, -0.2) is 31.1 Å². The largest absolute Gasteiger partial charge is 0.328 e. The van der Waals surface area contributed by atoms with Crippen LogP contribution in [0.25, 0.3) is 0 Å². The third kappa shape index (κ3) is 2.83. The minimum atomic E-state index is -0.424. The minimum Gasteiger partial charge on any atom is -0.328 e. The number of urea groups is 1. The van der Waals surface area contributed by atoms with Crippen molar-refractivity contribution >= 4 is 30.8 Å². The molecule has 1 aliphatic rings. The number of nitrogens with one attached hydrogen (secondary N) is 1. The summed E-state index contributed by atoms with van der Waals surface area (Å²) in [4.78, 5) is 13.1. The summed E-state index contributed by atoms with van der Waals surface area (Å²) in [5.41, 5.74) is 6.42. The second-order valence-electron chi connectivity index (χ2n) is 3.94. The van der Waals surface area contributed by atoms with Crippen LogP contribution in [0.3, 0.4) is 0 Å². The van der Waals surface area contributed by atoms with Gasteiger partial charge in [0.25, 0.3) is 0 Å². The molecule has 3 N–H and O–H groups in total. The number of benzene rings is 1. The number of nitrogens with zero attached hydrogens (tertiary/aromatic N) is 1. The molecule has 1 aromatic rings. The molecule has 0 spiro atoms. The summed E-state index contributed by atoms with van der Waals surface area (Å²) in [6, 6.07) is 9.78. The van der Waals surface area contributed by atoms with E-state index in [0.717, 1.165) is 5.56 Å². The van der Waals surface area contributed by atoms with Crippen molar-refractivity contribution in [2.24, 2.45) is 5.73 Å². The predicted molar refractivity (Wildman–Crippen MR) is 72.8 cm³/mol. The van der Waals surface area contributed by atoms with Gasteiger partial charge in [-0.1, -0.05) is 30.3 Å². The van der Waals surface area contributed by atoms with Crippen molar-refractivity contribution < 1.29 is 4.79 Å². The molecule has 1 heterocycles. The monoisotopic (exact) mass is 277 g/mol. The third-order valence-electron chi connectivity index (χ3n) is 2.87. The zero-order valence-electron chi connectivity index (χ0n) is 9.55. The number of amides is 2. The number of rotatable bonds is 2. The summed E-state index contributed by atoms with van der Waals surface area (Å²) >= 11 is 0. The van der Waals surface area contributed by atoms with Crippen LogP contribution in [0, 0.1) is 0 Å². The SMILES string of the molecule is CN1CC(CN)(c2ccccc2)NC1=O.Cl.Cl. The topological polar surface area (TPSA) is 58.4 Å². The molecule has 0 aliphatic carbocycles. The number of carbonyl (C=O) groups is 1. The van der Waals surface area contributed by atoms with E-state index in [1.54, 1.807) is 11.9 Å². The average molecular weight is 278 g/mol. The summed E-state index contributed by atoms with van der Waals surface area (Å²) in [5, 5.41) is 2.95. The first kappa shape index (κ1) is 16.0. The van der Waals surface area contributed by atoms with Crippen LogP contribution < -0.4 is 11.1 Å². The smallest absolute Gasteiger partial charge is 0.318 e. The molecule has 1 unspecified atom stereocenters. The van der Waals surface area contributed by atoms with E-state index in [9.17, 15) is 4.79 Å².